The molecule has 0 aliphatic carbocycles. The molecule has 0 radical (unpaired) electrons. The Morgan fingerprint density at radius 3 is 2.60 bits per heavy atom. The number of hydrogen-bond acceptors (Lipinski definition) is 6. The molecule has 0 aliphatic rings. The predicted octanol–water partition coefficient (Wildman–Crippen LogP) is 3.08. The third-order valence-electron chi connectivity index (χ3n) is 2.64. The van der Waals surface area contributed by atoms with Crippen molar-refractivity contribution >= 4 is 40.0 Å². The monoisotopic (exact) mass is 386 g/mol. The fourth-order valence-corrected chi connectivity index (χ4v) is 3.29. The van der Waals surface area contributed by atoms with Crippen molar-refractivity contribution in [3.05, 3.63) is 35.4 Å². The summed E-state index contributed by atoms with van der Waals surface area (Å²) in [7, 11) is 0. The number of nitrogens with zero attached hydrogens (tertiary/aromatic N) is 2. The maximum atomic E-state index is 13.6. The topological polar surface area (TPSA) is 84.0 Å². The summed E-state index contributed by atoms with van der Waals surface area (Å²) in [5.41, 5.74) is -0.618. The lowest BCUT2D eigenvalue weighted by molar-refractivity contribution is -0.119. The second kappa shape index (κ2) is 7.87. The molecule has 0 bridgehead atoms. The molecular formula is C15H16F2N4O2S2. The number of thioether (sulfide) groups is 1. The minimum absolute atomic E-state index is 0.147. The number of benzene rings is 1. The number of rotatable bonds is 5. The van der Waals surface area contributed by atoms with Crippen LogP contribution in [0.25, 0.3) is 0 Å². The van der Waals surface area contributed by atoms with Gasteiger partial charge in [-0.15, -0.1) is 10.2 Å². The first-order chi connectivity index (χ1) is 11.6. The lowest BCUT2D eigenvalue weighted by Crippen LogP contribution is -2.41. The zero-order valence-corrected chi connectivity index (χ0v) is 15.4. The second-order valence-electron chi connectivity index (χ2n) is 6.04. The normalized spacial score (nSPS) is 11.2. The Balaban J connectivity index is 1.93. The smallest absolute Gasteiger partial charge is 0.260 e. The van der Waals surface area contributed by atoms with Crippen LogP contribution in [0.1, 0.15) is 31.1 Å². The second-order valence-corrected chi connectivity index (χ2v) is 8.24. The van der Waals surface area contributed by atoms with Crippen LogP contribution in [0.5, 0.6) is 0 Å². The van der Waals surface area contributed by atoms with Crippen molar-refractivity contribution in [2.24, 2.45) is 0 Å². The fourth-order valence-electron chi connectivity index (χ4n) is 1.74. The minimum atomic E-state index is -0.963. The molecular weight excluding hydrogens is 370 g/mol. The quantitative estimate of drug-likeness (QED) is 0.609. The van der Waals surface area contributed by atoms with Crippen molar-refractivity contribution in [1.82, 2.24) is 15.5 Å². The number of carbonyl (C=O) groups excluding carboxylic acids is 2. The summed E-state index contributed by atoms with van der Waals surface area (Å²) in [5.74, 6) is -2.47. The molecule has 0 spiro atoms. The van der Waals surface area contributed by atoms with E-state index in [1.165, 1.54) is 11.8 Å². The molecule has 0 atom stereocenters. The first kappa shape index (κ1) is 19.3. The van der Waals surface area contributed by atoms with Crippen LogP contribution in [0.4, 0.5) is 13.9 Å². The van der Waals surface area contributed by atoms with Gasteiger partial charge < -0.3 is 5.32 Å². The molecule has 6 nitrogen and oxygen atoms in total. The summed E-state index contributed by atoms with van der Waals surface area (Å²) in [6.07, 6.45) is 0. The van der Waals surface area contributed by atoms with E-state index in [0.717, 1.165) is 23.5 Å². The first-order valence-corrected chi connectivity index (χ1v) is 8.98. The van der Waals surface area contributed by atoms with Crippen molar-refractivity contribution in [1.29, 1.82) is 0 Å². The molecule has 10 heteroatoms. The Labute approximate surface area is 151 Å². The highest BCUT2D eigenvalue weighted by atomic mass is 32.2. The van der Waals surface area contributed by atoms with Crippen LogP contribution in [0.15, 0.2) is 22.5 Å². The molecule has 25 heavy (non-hydrogen) atoms. The molecule has 1 aromatic heterocycles. The summed E-state index contributed by atoms with van der Waals surface area (Å²) < 4.78 is 26.9. The molecule has 2 aromatic rings. The number of nitrogens with one attached hydrogen (secondary N) is 2. The van der Waals surface area contributed by atoms with E-state index in [1.54, 1.807) is 0 Å². The van der Waals surface area contributed by atoms with Crippen molar-refractivity contribution in [2.75, 3.05) is 11.1 Å². The molecule has 0 saturated heterocycles. The van der Waals surface area contributed by atoms with Gasteiger partial charge in [-0.2, -0.15) is 0 Å². The van der Waals surface area contributed by atoms with Gasteiger partial charge in [-0.3, -0.25) is 14.9 Å². The van der Waals surface area contributed by atoms with Gasteiger partial charge in [0.05, 0.1) is 11.3 Å². The third kappa shape index (κ3) is 6.05. The highest BCUT2D eigenvalue weighted by Gasteiger charge is 2.17. The molecule has 1 aromatic carbocycles. The van der Waals surface area contributed by atoms with Gasteiger partial charge in [-0.05, 0) is 32.9 Å². The van der Waals surface area contributed by atoms with E-state index in [0.29, 0.717) is 10.4 Å². The Kier molecular flexibility index (Phi) is 6.07. The number of aromatic nitrogens is 2. The molecule has 0 aliphatic heterocycles. The predicted molar refractivity (Wildman–Crippen MR) is 92.8 cm³/mol. The van der Waals surface area contributed by atoms with E-state index in [-0.39, 0.29) is 27.9 Å². The number of amides is 2. The minimum Gasteiger partial charge on any atom is -0.351 e. The van der Waals surface area contributed by atoms with Crippen LogP contribution in [0.2, 0.25) is 0 Å². The Morgan fingerprint density at radius 1 is 1.24 bits per heavy atom. The average molecular weight is 386 g/mol. The van der Waals surface area contributed by atoms with Crippen LogP contribution in [0, 0.1) is 11.6 Å². The van der Waals surface area contributed by atoms with E-state index in [9.17, 15) is 18.4 Å². The summed E-state index contributed by atoms with van der Waals surface area (Å²) in [6, 6.07) is 2.67. The van der Waals surface area contributed by atoms with Gasteiger partial charge in [0.2, 0.25) is 11.0 Å². The molecule has 0 saturated carbocycles. The molecule has 2 rings (SSSR count). The zero-order chi connectivity index (χ0) is 18.6. The van der Waals surface area contributed by atoms with Gasteiger partial charge in [0.1, 0.15) is 11.6 Å². The largest absolute Gasteiger partial charge is 0.351 e. The summed E-state index contributed by atoms with van der Waals surface area (Å²) in [4.78, 5) is 23.7. The van der Waals surface area contributed by atoms with E-state index in [2.05, 4.69) is 20.8 Å². The molecule has 2 amide bonds. The van der Waals surface area contributed by atoms with Crippen LogP contribution in [0.3, 0.4) is 0 Å². The van der Waals surface area contributed by atoms with E-state index < -0.39 is 17.5 Å². The van der Waals surface area contributed by atoms with E-state index in [4.69, 9.17) is 0 Å². The summed E-state index contributed by atoms with van der Waals surface area (Å²) in [5, 5.41) is 13.0. The van der Waals surface area contributed by atoms with Crippen molar-refractivity contribution in [3.8, 4) is 0 Å². The molecule has 1 heterocycles. The highest BCUT2D eigenvalue weighted by molar-refractivity contribution is 8.01. The maximum Gasteiger partial charge on any atom is 0.260 e. The zero-order valence-electron chi connectivity index (χ0n) is 13.7. The first-order valence-electron chi connectivity index (χ1n) is 7.18. The third-order valence-corrected chi connectivity index (χ3v) is 4.62. The molecule has 0 unspecified atom stereocenters. The Morgan fingerprint density at radius 2 is 1.96 bits per heavy atom. The van der Waals surface area contributed by atoms with Crippen LogP contribution in [-0.2, 0) is 4.79 Å². The maximum absolute atomic E-state index is 13.6. The lowest BCUT2D eigenvalue weighted by atomic mass is 10.1. The van der Waals surface area contributed by atoms with Crippen molar-refractivity contribution in [2.45, 2.75) is 30.6 Å². The Bertz CT molecular complexity index is 790. The van der Waals surface area contributed by atoms with Gasteiger partial charge in [0, 0.05) is 11.6 Å². The van der Waals surface area contributed by atoms with Crippen LogP contribution in [-0.4, -0.2) is 33.3 Å². The highest BCUT2D eigenvalue weighted by Crippen LogP contribution is 2.26. The van der Waals surface area contributed by atoms with Crippen molar-refractivity contribution in [3.63, 3.8) is 0 Å². The van der Waals surface area contributed by atoms with E-state index in [1.807, 2.05) is 20.8 Å². The Hall–Kier alpha value is -2.07. The number of halogens is 2. The van der Waals surface area contributed by atoms with Crippen molar-refractivity contribution < 1.29 is 18.4 Å². The summed E-state index contributed by atoms with van der Waals surface area (Å²) >= 11 is 2.23. The average Bonchev–Trinajstić information content (AvgIpc) is 2.90. The van der Waals surface area contributed by atoms with Gasteiger partial charge in [0.25, 0.3) is 5.91 Å². The van der Waals surface area contributed by atoms with Crippen LogP contribution < -0.4 is 10.6 Å². The lowest BCUT2D eigenvalue weighted by Gasteiger charge is -2.19. The van der Waals surface area contributed by atoms with E-state index >= 15 is 0 Å². The molecule has 134 valence electrons. The standard InChI is InChI=1S/C15H16F2N4O2S2/c1-15(2,3)19-11(22)7-24-14-21-20-13(25-14)18-12(23)9-5-4-8(16)6-10(9)17/h4-6H,7H2,1-3H3,(H,19,22)(H,18,20,23). The SMILES string of the molecule is CC(C)(C)NC(=O)CSc1nnc(NC(=O)c2ccc(F)cc2F)s1. The number of hydrogen-bond donors (Lipinski definition) is 2. The van der Waals surface area contributed by atoms with Gasteiger partial charge >= 0.3 is 0 Å². The molecule has 2 N–H and O–H groups in total. The molecule has 0 fully saturated rings. The van der Waals surface area contributed by atoms with Gasteiger partial charge in [0.15, 0.2) is 4.34 Å². The summed E-state index contributed by atoms with van der Waals surface area (Å²) in [6.45, 7) is 5.63. The number of anilines is 1. The van der Waals surface area contributed by atoms with Gasteiger partial charge in [-0.1, -0.05) is 23.1 Å². The number of carbonyl (C=O) groups is 2. The fraction of sp³-hybridized carbons (Fsp3) is 0.333. The van der Waals surface area contributed by atoms with Crippen LogP contribution >= 0.6 is 23.1 Å². The van der Waals surface area contributed by atoms with Gasteiger partial charge in [-0.25, -0.2) is 8.78 Å².